The van der Waals surface area contributed by atoms with Crippen LogP contribution < -0.4 is 5.73 Å². The minimum absolute atomic E-state index is 0.239. The molecule has 0 unspecified atom stereocenters. The van der Waals surface area contributed by atoms with E-state index in [1.807, 2.05) is 24.3 Å². The van der Waals surface area contributed by atoms with Gasteiger partial charge in [-0.15, -0.1) is 0 Å². The fraction of sp³-hybridized carbons (Fsp3) is 0.154. The first-order valence-corrected chi connectivity index (χ1v) is 5.11. The molecule has 0 saturated heterocycles. The van der Waals surface area contributed by atoms with Crippen LogP contribution in [0, 0.1) is 0 Å². The first-order valence-electron chi connectivity index (χ1n) is 5.11. The van der Waals surface area contributed by atoms with Crippen molar-refractivity contribution in [2.45, 2.75) is 13.3 Å². The van der Waals surface area contributed by atoms with E-state index in [-0.39, 0.29) is 12.3 Å². The van der Waals surface area contributed by atoms with Gasteiger partial charge in [-0.2, -0.15) is 0 Å². The SMILES string of the molecule is C=N/C(C)=N/C(=C)c1ccc(CC(N)=O)cc1. The van der Waals surface area contributed by atoms with Crippen molar-refractivity contribution < 1.29 is 4.79 Å². The maximum absolute atomic E-state index is 10.7. The molecule has 0 aliphatic heterocycles. The molecule has 0 bridgehead atoms. The van der Waals surface area contributed by atoms with Crippen molar-refractivity contribution in [3.05, 3.63) is 42.0 Å². The molecule has 0 aliphatic rings. The summed E-state index contributed by atoms with van der Waals surface area (Å²) in [6.45, 7) is 8.97. The highest BCUT2D eigenvalue weighted by atomic mass is 16.1. The normalized spacial score (nSPS) is 11.0. The molecular formula is C13H15N3O. The molecule has 0 fully saturated rings. The zero-order valence-electron chi connectivity index (χ0n) is 9.81. The van der Waals surface area contributed by atoms with Crippen molar-refractivity contribution in [3.63, 3.8) is 0 Å². The molecule has 2 N–H and O–H groups in total. The van der Waals surface area contributed by atoms with Crippen LogP contribution in [0.25, 0.3) is 5.70 Å². The molecule has 0 radical (unpaired) electrons. The third-order valence-electron chi connectivity index (χ3n) is 2.19. The molecule has 0 spiro atoms. The first-order chi connectivity index (χ1) is 8.02. The summed E-state index contributed by atoms with van der Waals surface area (Å²) in [5, 5.41) is 0. The summed E-state index contributed by atoms with van der Waals surface area (Å²) in [6, 6.07) is 7.36. The molecule has 1 rings (SSSR count). The van der Waals surface area contributed by atoms with Gasteiger partial charge in [-0.3, -0.25) is 4.79 Å². The zero-order chi connectivity index (χ0) is 12.8. The molecule has 0 heterocycles. The molecule has 0 aromatic heterocycles. The largest absolute Gasteiger partial charge is 0.369 e. The average molecular weight is 229 g/mol. The summed E-state index contributed by atoms with van der Waals surface area (Å²) in [5.74, 6) is 0.220. The second kappa shape index (κ2) is 5.75. The van der Waals surface area contributed by atoms with Crippen LogP contribution in [0.1, 0.15) is 18.1 Å². The van der Waals surface area contributed by atoms with Crippen LogP contribution in [-0.2, 0) is 11.2 Å². The number of primary amides is 1. The van der Waals surface area contributed by atoms with E-state index in [0.717, 1.165) is 11.1 Å². The van der Waals surface area contributed by atoms with Gasteiger partial charge in [0.1, 0.15) is 5.84 Å². The lowest BCUT2D eigenvalue weighted by atomic mass is 10.1. The van der Waals surface area contributed by atoms with Crippen LogP contribution in [0.3, 0.4) is 0 Å². The molecule has 88 valence electrons. The van der Waals surface area contributed by atoms with E-state index in [1.54, 1.807) is 6.92 Å². The summed E-state index contributed by atoms with van der Waals surface area (Å²) in [7, 11) is 0. The second-order valence-corrected chi connectivity index (χ2v) is 3.60. The molecule has 1 aromatic rings. The standard InChI is InChI=1S/C13H15N3O/c1-9(16-10(2)15-3)12-6-4-11(5-7-12)8-13(14)17/h4-7H,1,3,8H2,2H3,(H2,14,17)/b16-10+. The van der Waals surface area contributed by atoms with Gasteiger partial charge in [0.15, 0.2) is 0 Å². The third kappa shape index (κ3) is 4.03. The van der Waals surface area contributed by atoms with Crippen molar-refractivity contribution in [1.82, 2.24) is 0 Å². The van der Waals surface area contributed by atoms with E-state index in [4.69, 9.17) is 5.73 Å². The molecule has 17 heavy (non-hydrogen) atoms. The highest BCUT2D eigenvalue weighted by Gasteiger charge is 2.01. The number of carbonyl (C=O) groups is 1. The van der Waals surface area contributed by atoms with Gasteiger partial charge in [0.05, 0.1) is 12.1 Å². The van der Waals surface area contributed by atoms with E-state index in [2.05, 4.69) is 23.3 Å². The van der Waals surface area contributed by atoms with Gasteiger partial charge in [0, 0.05) is 0 Å². The van der Waals surface area contributed by atoms with Gasteiger partial charge in [-0.25, -0.2) is 9.98 Å². The van der Waals surface area contributed by atoms with Gasteiger partial charge in [-0.1, -0.05) is 30.8 Å². The Hall–Kier alpha value is -2.23. The van der Waals surface area contributed by atoms with Crippen LogP contribution in [0.5, 0.6) is 0 Å². The molecular weight excluding hydrogens is 214 g/mol. The Morgan fingerprint density at radius 1 is 1.35 bits per heavy atom. The Balaban J connectivity index is 2.84. The average Bonchev–Trinajstić information content (AvgIpc) is 2.28. The molecule has 4 heteroatoms. The first kappa shape index (κ1) is 12.8. The smallest absolute Gasteiger partial charge is 0.221 e. The molecule has 0 aliphatic carbocycles. The van der Waals surface area contributed by atoms with Crippen LogP contribution in [0.2, 0.25) is 0 Å². The lowest BCUT2D eigenvalue weighted by Crippen LogP contribution is -2.13. The number of nitrogens with zero attached hydrogens (tertiary/aromatic N) is 2. The number of carbonyl (C=O) groups excluding carboxylic acids is 1. The Morgan fingerprint density at radius 3 is 2.41 bits per heavy atom. The Labute approximate surface area is 101 Å². The minimum Gasteiger partial charge on any atom is -0.369 e. The number of amides is 1. The zero-order valence-corrected chi connectivity index (χ0v) is 9.81. The Kier molecular flexibility index (Phi) is 4.34. The van der Waals surface area contributed by atoms with Gasteiger partial charge in [0.2, 0.25) is 5.91 Å². The number of aliphatic imine (C=N–C) groups is 2. The number of benzene rings is 1. The van der Waals surface area contributed by atoms with Crippen molar-refractivity contribution in [1.29, 1.82) is 0 Å². The van der Waals surface area contributed by atoms with Crippen molar-refractivity contribution in [2.75, 3.05) is 0 Å². The molecule has 0 saturated carbocycles. The van der Waals surface area contributed by atoms with E-state index in [0.29, 0.717) is 11.5 Å². The fourth-order valence-electron chi connectivity index (χ4n) is 1.31. The predicted octanol–water partition coefficient (Wildman–Crippen LogP) is 1.80. The number of rotatable bonds is 4. The van der Waals surface area contributed by atoms with E-state index in [9.17, 15) is 4.79 Å². The molecule has 1 aromatic carbocycles. The third-order valence-corrected chi connectivity index (χ3v) is 2.19. The predicted molar refractivity (Wildman–Crippen MR) is 71.0 cm³/mol. The Morgan fingerprint density at radius 2 is 1.94 bits per heavy atom. The maximum atomic E-state index is 10.7. The summed E-state index contributed by atoms with van der Waals surface area (Å²) < 4.78 is 0. The summed E-state index contributed by atoms with van der Waals surface area (Å²) in [5.41, 5.74) is 7.47. The van der Waals surface area contributed by atoms with Gasteiger partial charge >= 0.3 is 0 Å². The van der Waals surface area contributed by atoms with E-state index < -0.39 is 0 Å². The van der Waals surface area contributed by atoms with Crippen LogP contribution >= 0.6 is 0 Å². The topological polar surface area (TPSA) is 67.8 Å². The second-order valence-electron chi connectivity index (χ2n) is 3.60. The lowest BCUT2D eigenvalue weighted by Gasteiger charge is -2.02. The number of amidine groups is 1. The maximum Gasteiger partial charge on any atom is 0.221 e. The molecule has 0 atom stereocenters. The van der Waals surface area contributed by atoms with Gasteiger partial charge in [-0.05, 0) is 24.8 Å². The van der Waals surface area contributed by atoms with Crippen molar-refractivity contribution in [2.24, 2.45) is 15.7 Å². The lowest BCUT2D eigenvalue weighted by molar-refractivity contribution is -0.117. The monoisotopic (exact) mass is 229 g/mol. The number of nitrogens with two attached hydrogens (primary N) is 1. The van der Waals surface area contributed by atoms with Crippen molar-refractivity contribution >= 4 is 24.2 Å². The summed E-state index contributed by atoms with van der Waals surface area (Å²) in [6.07, 6.45) is 0.239. The Bertz CT molecular complexity index is 472. The molecule has 1 amide bonds. The summed E-state index contributed by atoms with van der Waals surface area (Å²) >= 11 is 0. The van der Waals surface area contributed by atoms with Gasteiger partial charge < -0.3 is 5.73 Å². The molecule has 4 nitrogen and oxygen atoms in total. The van der Waals surface area contributed by atoms with Crippen LogP contribution in [-0.4, -0.2) is 18.5 Å². The quantitative estimate of drug-likeness (QED) is 0.620. The van der Waals surface area contributed by atoms with Crippen molar-refractivity contribution in [3.8, 4) is 0 Å². The highest BCUT2D eigenvalue weighted by Crippen LogP contribution is 2.15. The highest BCUT2D eigenvalue weighted by molar-refractivity contribution is 5.88. The fourth-order valence-corrected chi connectivity index (χ4v) is 1.31. The minimum atomic E-state index is -0.346. The summed E-state index contributed by atoms with van der Waals surface area (Å²) in [4.78, 5) is 18.6. The van der Waals surface area contributed by atoms with Crippen LogP contribution in [0.15, 0.2) is 40.8 Å². The van der Waals surface area contributed by atoms with E-state index >= 15 is 0 Å². The number of hydrogen-bond donors (Lipinski definition) is 1. The van der Waals surface area contributed by atoms with Crippen LogP contribution in [0.4, 0.5) is 0 Å². The number of hydrogen-bond acceptors (Lipinski definition) is 2. The van der Waals surface area contributed by atoms with Gasteiger partial charge in [0.25, 0.3) is 0 Å². The van der Waals surface area contributed by atoms with E-state index in [1.165, 1.54) is 0 Å².